The van der Waals surface area contributed by atoms with E-state index in [1.807, 2.05) is 47.9 Å². The summed E-state index contributed by atoms with van der Waals surface area (Å²) in [5, 5.41) is 14.8. The molecule has 4 rings (SSSR count). The molecule has 0 atom stereocenters. The molecular formula is C21H23N5O2S. The van der Waals surface area contributed by atoms with E-state index in [1.54, 1.807) is 0 Å². The molecule has 2 amide bonds. The molecule has 0 saturated heterocycles. The molecule has 1 aliphatic carbocycles. The predicted octanol–water partition coefficient (Wildman–Crippen LogP) is 3.43. The normalized spacial score (nSPS) is 13.4. The van der Waals surface area contributed by atoms with Gasteiger partial charge in [-0.3, -0.25) is 14.7 Å². The van der Waals surface area contributed by atoms with Crippen LogP contribution in [0.25, 0.3) is 10.8 Å². The molecule has 0 spiro atoms. The van der Waals surface area contributed by atoms with E-state index in [2.05, 4.69) is 20.8 Å². The fourth-order valence-electron chi connectivity index (χ4n) is 3.36. The van der Waals surface area contributed by atoms with Gasteiger partial charge in [-0.15, -0.1) is 0 Å². The van der Waals surface area contributed by atoms with Crippen molar-refractivity contribution in [3.63, 3.8) is 0 Å². The molecule has 0 unspecified atom stereocenters. The maximum absolute atomic E-state index is 12.9. The Morgan fingerprint density at radius 1 is 1.24 bits per heavy atom. The Morgan fingerprint density at radius 3 is 2.66 bits per heavy atom. The zero-order chi connectivity index (χ0) is 20.4. The second kappa shape index (κ2) is 8.16. The third-order valence-electron chi connectivity index (χ3n) is 5.12. The van der Waals surface area contributed by atoms with Gasteiger partial charge in [-0.1, -0.05) is 24.3 Å². The highest BCUT2D eigenvalue weighted by Gasteiger charge is 2.30. The third kappa shape index (κ3) is 4.22. The molecule has 3 N–H and O–H groups in total. The number of carbonyl (C=O) groups is 2. The Morgan fingerprint density at radius 2 is 1.97 bits per heavy atom. The summed E-state index contributed by atoms with van der Waals surface area (Å²) in [7, 11) is 0. The minimum atomic E-state index is -0.223. The van der Waals surface area contributed by atoms with Crippen molar-refractivity contribution in [3.05, 3.63) is 52.6 Å². The van der Waals surface area contributed by atoms with E-state index < -0.39 is 0 Å². The van der Waals surface area contributed by atoms with Crippen LogP contribution in [0.3, 0.4) is 0 Å². The van der Waals surface area contributed by atoms with Crippen LogP contribution in [-0.2, 0) is 17.8 Å². The monoisotopic (exact) mass is 409 g/mol. The van der Waals surface area contributed by atoms with Crippen LogP contribution in [0.2, 0.25) is 0 Å². The minimum Gasteiger partial charge on any atom is -0.352 e. The molecule has 1 aromatic heterocycles. The van der Waals surface area contributed by atoms with Crippen molar-refractivity contribution in [2.75, 3.05) is 11.9 Å². The van der Waals surface area contributed by atoms with Gasteiger partial charge >= 0.3 is 0 Å². The number of anilines is 1. The van der Waals surface area contributed by atoms with E-state index in [9.17, 15) is 9.59 Å². The maximum Gasteiger partial charge on any atom is 0.253 e. The number of hydrogen-bond donors (Lipinski definition) is 3. The molecule has 1 fully saturated rings. The molecule has 150 valence electrons. The van der Waals surface area contributed by atoms with E-state index in [0.717, 1.165) is 36.0 Å². The average Bonchev–Trinajstić information content (AvgIpc) is 3.51. The third-order valence-corrected chi connectivity index (χ3v) is 5.44. The zero-order valence-corrected chi connectivity index (χ0v) is 17.0. The second-order valence-corrected chi connectivity index (χ2v) is 7.59. The van der Waals surface area contributed by atoms with E-state index >= 15 is 0 Å². The van der Waals surface area contributed by atoms with Crippen LogP contribution in [0.1, 0.15) is 35.9 Å². The van der Waals surface area contributed by atoms with Gasteiger partial charge in [0.1, 0.15) is 5.82 Å². The van der Waals surface area contributed by atoms with Gasteiger partial charge < -0.3 is 15.2 Å². The van der Waals surface area contributed by atoms with Crippen LogP contribution in [0.5, 0.6) is 0 Å². The van der Waals surface area contributed by atoms with Crippen molar-refractivity contribution in [2.45, 2.75) is 32.7 Å². The lowest BCUT2D eigenvalue weighted by atomic mass is 10.0. The van der Waals surface area contributed by atoms with Gasteiger partial charge in [-0.2, -0.15) is 5.10 Å². The summed E-state index contributed by atoms with van der Waals surface area (Å²) < 4.78 is 2.48. The average molecular weight is 410 g/mol. The van der Waals surface area contributed by atoms with E-state index in [0.29, 0.717) is 29.0 Å². The standard InChI is InChI=1S/C21H23N5O2S/c1-2-26-18(24-25-21(26)29)9-10-22-20(28)16-11-14-5-3-4-6-15(14)12-17(16)23-19(27)13-7-8-13/h3-6,11-13H,2,7-10H2,1H3,(H,22,28)(H,23,27)(H,25,29). The highest BCUT2D eigenvalue weighted by atomic mass is 32.1. The Balaban J connectivity index is 1.53. The highest BCUT2D eigenvalue weighted by Crippen LogP contribution is 2.31. The number of amides is 2. The quantitative estimate of drug-likeness (QED) is 0.521. The Kier molecular flexibility index (Phi) is 5.44. The number of H-pyrrole nitrogens is 1. The molecule has 0 radical (unpaired) electrons. The van der Waals surface area contributed by atoms with Crippen LogP contribution < -0.4 is 10.6 Å². The lowest BCUT2D eigenvalue weighted by Crippen LogP contribution is -2.28. The highest BCUT2D eigenvalue weighted by molar-refractivity contribution is 7.71. The summed E-state index contributed by atoms with van der Waals surface area (Å²) in [5.41, 5.74) is 1.02. The molecule has 0 bridgehead atoms. The number of nitrogens with zero attached hydrogens (tertiary/aromatic N) is 2. The molecule has 7 nitrogen and oxygen atoms in total. The van der Waals surface area contributed by atoms with Crippen LogP contribution >= 0.6 is 12.2 Å². The van der Waals surface area contributed by atoms with E-state index in [1.165, 1.54) is 0 Å². The summed E-state index contributed by atoms with van der Waals surface area (Å²) in [5.74, 6) is 0.625. The number of nitrogens with one attached hydrogen (secondary N) is 3. The number of carbonyl (C=O) groups excluding carboxylic acids is 2. The topological polar surface area (TPSA) is 91.8 Å². The summed E-state index contributed by atoms with van der Waals surface area (Å²) in [4.78, 5) is 25.2. The smallest absolute Gasteiger partial charge is 0.253 e. The van der Waals surface area contributed by atoms with Gasteiger partial charge in [0.2, 0.25) is 5.91 Å². The fraction of sp³-hybridized carbons (Fsp3) is 0.333. The molecule has 1 aliphatic rings. The fourth-order valence-corrected chi connectivity index (χ4v) is 3.64. The largest absolute Gasteiger partial charge is 0.352 e. The van der Waals surface area contributed by atoms with Crippen molar-refractivity contribution in [1.29, 1.82) is 0 Å². The van der Waals surface area contributed by atoms with Crippen LogP contribution in [-0.4, -0.2) is 33.1 Å². The van der Waals surface area contributed by atoms with Gasteiger partial charge in [-0.25, -0.2) is 0 Å². The predicted molar refractivity (Wildman–Crippen MR) is 114 cm³/mol. The number of aromatic nitrogens is 3. The van der Waals surface area contributed by atoms with Crippen molar-refractivity contribution in [2.24, 2.45) is 5.92 Å². The van der Waals surface area contributed by atoms with Crippen molar-refractivity contribution in [1.82, 2.24) is 20.1 Å². The van der Waals surface area contributed by atoms with Gasteiger partial charge in [-0.05, 0) is 54.9 Å². The second-order valence-electron chi connectivity index (χ2n) is 7.20. The number of rotatable bonds is 7. The van der Waals surface area contributed by atoms with Gasteiger partial charge in [0.15, 0.2) is 4.77 Å². The zero-order valence-electron chi connectivity index (χ0n) is 16.2. The minimum absolute atomic E-state index is 0.0205. The SMILES string of the molecule is CCn1c(CCNC(=O)c2cc3ccccc3cc2NC(=O)C2CC2)n[nH]c1=S. The van der Waals surface area contributed by atoms with Gasteiger partial charge in [0.25, 0.3) is 5.91 Å². The molecule has 2 aromatic carbocycles. The van der Waals surface area contributed by atoms with Crippen molar-refractivity contribution >= 4 is 40.5 Å². The van der Waals surface area contributed by atoms with Crippen molar-refractivity contribution in [3.8, 4) is 0 Å². The molecule has 3 aromatic rings. The number of hydrogen-bond acceptors (Lipinski definition) is 4. The Labute approximate surface area is 173 Å². The molecule has 1 saturated carbocycles. The van der Waals surface area contributed by atoms with E-state index in [-0.39, 0.29) is 17.7 Å². The molecule has 29 heavy (non-hydrogen) atoms. The van der Waals surface area contributed by atoms with Gasteiger partial charge in [0, 0.05) is 25.4 Å². The molecule has 1 heterocycles. The number of aromatic amines is 1. The molecule has 0 aliphatic heterocycles. The number of benzene rings is 2. The van der Waals surface area contributed by atoms with Crippen LogP contribution in [0, 0.1) is 10.7 Å². The van der Waals surface area contributed by atoms with Crippen molar-refractivity contribution < 1.29 is 9.59 Å². The van der Waals surface area contributed by atoms with Crippen LogP contribution in [0.15, 0.2) is 36.4 Å². The first-order valence-corrected chi connectivity index (χ1v) is 10.2. The molecule has 8 heteroatoms. The maximum atomic E-state index is 12.9. The first kappa shape index (κ1) is 19.3. The lowest BCUT2D eigenvalue weighted by Gasteiger charge is -2.13. The summed E-state index contributed by atoms with van der Waals surface area (Å²) >= 11 is 5.20. The lowest BCUT2D eigenvalue weighted by molar-refractivity contribution is -0.117. The van der Waals surface area contributed by atoms with Gasteiger partial charge in [0.05, 0.1) is 11.3 Å². The summed E-state index contributed by atoms with van der Waals surface area (Å²) in [6.45, 7) is 3.14. The Hall–Kier alpha value is -3.00. The first-order chi connectivity index (χ1) is 14.1. The number of fused-ring (bicyclic) bond motifs is 1. The first-order valence-electron chi connectivity index (χ1n) is 9.82. The van der Waals surface area contributed by atoms with E-state index in [4.69, 9.17) is 12.2 Å². The van der Waals surface area contributed by atoms with Crippen LogP contribution in [0.4, 0.5) is 5.69 Å². The Bertz CT molecular complexity index is 1130. The molecular weight excluding hydrogens is 386 g/mol. The summed E-state index contributed by atoms with van der Waals surface area (Å²) in [6.07, 6.45) is 2.38. The summed E-state index contributed by atoms with van der Waals surface area (Å²) in [6, 6.07) is 11.5.